The van der Waals surface area contributed by atoms with E-state index in [1.807, 2.05) is 0 Å². The molecule has 1 saturated heterocycles. The van der Waals surface area contributed by atoms with E-state index in [-0.39, 0.29) is 5.69 Å². The van der Waals surface area contributed by atoms with Crippen molar-refractivity contribution in [3.8, 4) is 0 Å². The third-order valence-electron chi connectivity index (χ3n) is 3.72. The molecule has 1 aliphatic rings. The highest BCUT2D eigenvalue weighted by Crippen LogP contribution is 2.27. The van der Waals surface area contributed by atoms with E-state index in [0.29, 0.717) is 12.0 Å². The maximum Gasteiger partial charge on any atom is 0.354 e. The second-order valence-electron chi connectivity index (χ2n) is 5.31. The van der Waals surface area contributed by atoms with Crippen molar-refractivity contribution in [3.05, 3.63) is 17.5 Å². The van der Waals surface area contributed by atoms with Gasteiger partial charge in [0.2, 0.25) is 0 Å². The van der Waals surface area contributed by atoms with Crippen LogP contribution in [0.1, 0.15) is 48.8 Å². The maximum absolute atomic E-state index is 11.0. The van der Waals surface area contributed by atoms with Crippen LogP contribution in [0.4, 0.5) is 0 Å². The van der Waals surface area contributed by atoms with Gasteiger partial charge in [0.15, 0.2) is 0 Å². The van der Waals surface area contributed by atoms with Crippen LogP contribution in [-0.2, 0) is 7.05 Å². The van der Waals surface area contributed by atoms with Crippen LogP contribution in [0.25, 0.3) is 0 Å². The summed E-state index contributed by atoms with van der Waals surface area (Å²) in [6, 6.07) is 2.26. The third kappa shape index (κ3) is 2.56. The molecule has 0 saturated carbocycles. The Bertz CT molecular complexity index is 439. The van der Waals surface area contributed by atoms with Crippen LogP contribution in [0.2, 0.25) is 0 Å². The van der Waals surface area contributed by atoms with E-state index in [9.17, 15) is 4.79 Å². The van der Waals surface area contributed by atoms with Crippen molar-refractivity contribution in [1.29, 1.82) is 0 Å². The van der Waals surface area contributed by atoms with Crippen LogP contribution in [0, 0.1) is 0 Å². The zero-order valence-corrected chi connectivity index (χ0v) is 11.3. The van der Waals surface area contributed by atoms with Crippen LogP contribution < -0.4 is 0 Å². The summed E-state index contributed by atoms with van der Waals surface area (Å²) in [5.74, 6) is -0.548. The standard InChI is InChI=1S/C13H21N3O2/c1-9(2)16-6-4-5-10(8-16)11-7-12(13(17)18)15(3)14-11/h7,9-10H,4-6,8H2,1-3H3,(H,17,18). The summed E-state index contributed by atoms with van der Waals surface area (Å²) in [6.07, 6.45) is 2.25. The lowest BCUT2D eigenvalue weighted by atomic mass is 9.94. The first-order valence-electron chi connectivity index (χ1n) is 6.50. The lowest BCUT2D eigenvalue weighted by Gasteiger charge is -2.34. The number of carbonyl (C=O) groups is 1. The summed E-state index contributed by atoms with van der Waals surface area (Å²) < 4.78 is 1.46. The van der Waals surface area contributed by atoms with Gasteiger partial charge in [0.05, 0.1) is 5.69 Å². The van der Waals surface area contributed by atoms with E-state index >= 15 is 0 Å². The van der Waals surface area contributed by atoms with E-state index in [0.717, 1.165) is 31.6 Å². The molecule has 0 spiro atoms. The molecule has 100 valence electrons. The van der Waals surface area contributed by atoms with Crippen LogP contribution in [0.15, 0.2) is 6.07 Å². The van der Waals surface area contributed by atoms with E-state index in [4.69, 9.17) is 5.11 Å². The van der Waals surface area contributed by atoms with Crippen molar-refractivity contribution in [2.45, 2.75) is 38.6 Å². The SMILES string of the molecule is CC(C)N1CCCC(c2cc(C(=O)O)n(C)n2)C1. The molecule has 1 fully saturated rings. The second kappa shape index (κ2) is 5.10. The minimum atomic E-state index is -0.909. The summed E-state index contributed by atoms with van der Waals surface area (Å²) in [5.41, 5.74) is 1.19. The number of aryl methyl sites for hydroxylation is 1. The van der Waals surface area contributed by atoms with Crippen LogP contribution >= 0.6 is 0 Å². The quantitative estimate of drug-likeness (QED) is 0.888. The fraction of sp³-hybridized carbons (Fsp3) is 0.692. The van der Waals surface area contributed by atoms with Gasteiger partial charge in [0, 0.05) is 25.6 Å². The lowest BCUT2D eigenvalue weighted by molar-refractivity contribution is 0.0685. The van der Waals surface area contributed by atoms with Gasteiger partial charge in [-0.15, -0.1) is 0 Å². The molecule has 1 aliphatic heterocycles. The third-order valence-corrected chi connectivity index (χ3v) is 3.72. The molecule has 1 atom stereocenters. The highest BCUT2D eigenvalue weighted by molar-refractivity contribution is 5.85. The normalized spacial score (nSPS) is 21.4. The number of hydrogen-bond acceptors (Lipinski definition) is 3. The minimum absolute atomic E-state index is 0.270. The van der Waals surface area contributed by atoms with Crippen molar-refractivity contribution in [3.63, 3.8) is 0 Å². The molecule has 2 rings (SSSR count). The molecule has 1 aromatic rings. The molecule has 1 N–H and O–H groups in total. The average Bonchev–Trinajstić information content (AvgIpc) is 2.71. The van der Waals surface area contributed by atoms with E-state index in [2.05, 4.69) is 23.8 Å². The largest absolute Gasteiger partial charge is 0.477 e. The maximum atomic E-state index is 11.0. The van der Waals surface area contributed by atoms with E-state index in [1.54, 1.807) is 13.1 Å². The van der Waals surface area contributed by atoms with Gasteiger partial charge in [-0.3, -0.25) is 4.68 Å². The van der Waals surface area contributed by atoms with Gasteiger partial charge in [-0.05, 0) is 39.3 Å². The van der Waals surface area contributed by atoms with Crippen LogP contribution in [0.5, 0.6) is 0 Å². The first-order chi connectivity index (χ1) is 8.49. The molecule has 18 heavy (non-hydrogen) atoms. The van der Waals surface area contributed by atoms with Crippen LogP contribution in [-0.4, -0.2) is 44.9 Å². The average molecular weight is 251 g/mol. The van der Waals surface area contributed by atoms with Gasteiger partial charge in [-0.1, -0.05) is 0 Å². The molecule has 5 nitrogen and oxygen atoms in total. The number of carboxylic acid groups (broad SMARTS) is 1. The number of nitrogens with zero attached hydrogens (tertiary/aromatic N) is 3. The molecule has 0 bridgehead atoms. The zero-order valence-electron chi connectivity index (χ0n) is 11.3. The van der Waals surface area contributed by atoms with Crippen molar-refractivity contribution in [2.75, 3.05) is 13.1 Å². The predicted molar refractivity (Wildman–Crippen MR) is 68.9 cm³/mol. The number of aromatic carboxylic acids is 1. The second-order valence-corrected chi connectivity index (χ2v) is 5.31. The Kier molecular flexibility index (Phi) is 3.71. The number of rotatable bonds is 3. The molecular weight excluding hydrogens is 230 g/mol. The predicted octanol–water partition coefficient (Wildman–Crippen LogP) is 1.71. The summed E-state index contributed by atoms with van der Waals surface area (Å²) in [5, 5.41) is 13.4. The Morgan fingerprint density at radius 3 is 2.83 bits per heavy atom. The molecule has 0 radical (unpaired) electrons. The fourth-order valence-electron chi connectivity index (χ4n) is 2.61. The molecule has 1 aromatic heterocycles. The monoisotopic (exact) mass is 251 g/mol. The number of piperidine rings is 1. The number of carboxylic acids is 1. The summed E-state index contributed by atoms with van der Waals surface area (Å²) in [4.78, 5) is 13.5. The summed E-state index contributed by atoms with van der Waals surface area (Å²) in [7, 11) is 1.69. The molecule has 5 heteroatoms. The lowest BCUT2D eigenvalue weighted by Crippen LogP contribution is -2.39. The van der Waals surface area contributed by atoms with Crippen molar-refractivity contribution in [1.82, 2.24) is 14.7 Å². The molecule has 0 aliphatic carbocycles. The summed E-state index contributed by atoms with van der Waals surface area (Å²) in [6.45, 7) is 6.51. The van der Waals surface area contributed by atoms with Crippen molar-refractivity contribution < 1.29 is 9.90 Å². The highest BCUT2D eigenvalue weighted by atomic mass is 16.4. The van der Waals surface area contributed by atoms with E-state index in [1.165, 1.54) is 4.68 Å². The smallest absolute Gasteiger partial charge is 0.354 e. The minimum Gasteiger partial charge on any atom is -0.477 e. The highest BCUT2D eigenvalue weighted by Gasteiger charge is 2.26. The Hall–Kier alpha value is -1.36. The Morgan fingerprint density at radius 2 is 2.28 bits per heavy atom. The Balaban J connectivity index is 2.16. The molecule has 0 amide bonds. The van der Waals surface area contributed by atoms with Gasteiger partial charge in [0.25, 0.3) is 0 Å². The van der Waals surface area contributed by atoms with Crippen molar-refractivity contribution in [2.24, 2.45) is 7.05 Å². The van der Waals surface area contributed by atoms with Gasteiger partial charge in [-0.2, -0.15) is 5.10 Å². The van der Waals surface area contributed by atoms with Gasteiger partial charge >= 0.3 is 5.97 Å². The summed E-state index contributed by atoms with van der Waals surface area (Å²) >= 11 is 0. The first-order valence-corrected chi connectivity index (χ1v) is 6.50. The first kappa shape index (κ1) is 13.1. The fourth-order valence-corrected chi connectivity index (χ4v) is 2.61. The van der Waals surface area contributed by atoms with Crippen LogP contribution in [0.3, 0.4) is 0 Å². The van der Waals surface area contributed by atoms with Gasteiger partial charge < -0.3 is 10.0 Å². The number of aromatic nitrogens is 2. The Labute approximate surface area is 107 Å². The Morgan fingerprint density at radius 1 is 1.56 bits per heavy atom. The molecular formula is C13H21N3O2. The number of likely N-dealkylation sites (tertiary alicyclic amines) is 1. The molecule has 1 unspecified atom stereocenters. The van der Waals surface area contributed by atoms with Gasteiger partial charge in [0.1, 0.15) is 5.69 Å². The molecule has 0 aromatic carbocycles. The zero-order chi connectivity index (χ0) is 13.3. The number of hydrogen-bond donors (Lipinski definition) is 1. The van der Waals surface area contributed by atoms with Crippen molar-refractivity contribution >= 4 is 5.97 Å². The topological polar surface area (TPSA) is 58.4 Å². The molecule has 2 heterocycles. The van der Waals surface area contributed by atoms with Gasteiger partial charge in [-0.25, -0.2) is 4.79 Å². The van der Waals surface area contributed by atoms with E-state index < -0.39 is 5.97 Å².